The zero-order valence-electron chi connectivity index (χ0n) is 11.4. The van der Waals surface area contributed by atoms with E-state index in [9.17, 15) is 4.21 Å². The fraction of sp³-hybridized carbons (Fsp3) is 0.125. The minimum atomic E-state index is -2.32. The Hall–Kier alpha value is -2.11. The number of fused-ring (bicyclic) bond motifs is 1. The van der Waals surface area contributed by atoms with Crippen LogP contribution in [-0.2, 0) is 17.8 Å². The van der Waals surface area contributed by atoms with Crippen LogP contribution >= 0.6 is 0 Å². The van der Waals surface area contributed by atoms with Crippen LogP contribution < -0.4 is 8.92 Å². The second-order valence-corrected chi connectivity index (χ2v) is 5.39. The van der Waals surface area contributed by atoms with E-state index in [1.165, 1.54) is 0 Å². The summed E-state index contributed by atoms with van der Waals surface area (Å²) in [4.78, 5) is 0. The van der Waals surface area contributed by atoms with Gasteiger partial charge in [-0.05, 0) is 59.9 Å². The molecule has 2 aromatic carbocycles. The van der Waals surface area contributed by atoms with Crippen molar-refractivity contribution in [2.24, 2.45) is 0 Å². The molecule has 4 nitrogen and oxygen atoms in total. The van der Waals surface area contributed by atoms with Crippen LogP contribution in [0.3, 0.4) is 0 Å². The highest BCUT2D eigenvalue weighted by molar-refractivity contribution is 7.74. The highest BCUT2D eigenvalue weighted by Crippen LogP contribution is 2.33. The highest BCUT2D eigenvalue weighted by Gasteiger charge is 2.11. The molecule has 2 aromatic rings. The fourth-order valence-electron chi connectivity index (χ4n) is 2.34. The summed E-state index contributed by atoms with van der Waals surface area (Å²) in [7, 11) is 0. The molecule has 0 spiro atoms. The SMILES string of the molecule is Cc1ccc(OS(=O)O)cc1-c1ccc2c(c1)OC=CC2. The molecule has 0 amide bonds. The number of benzene rings is 2. The summed E-state index contributed by atoms with van der Waals surface area (Å²) in [5.41, 5.74) is 4.12. The second-order valence-electron chi connectivity index (χ2n) is 4.79. The van der Waals surface area contributed by atoms with Gasteiger partial charge in [0.1, 0.15) is 11.5 Å². The number of ether oxygens (including phenoxy) is 1. The molecule has 0 saturated heterocycles. The lowest BCUT2D eigenvalue weighted by Crippen LogP contribution is -1.99. The Kier molecular flexibility index (Phi) is 3.77. The maximum atomic E-state index is 10.8. The normalized spacial score (nSPS) is 14.2. The van der Waals surface area contributed by atoms with Crippen LogP contribution in [0.25, 0.3) is 11.1 Å². The van der Waals surface area contributed by atoms with Crippen LogP contribution in [0.15, 0.2) is 48.7 Å². The lowest BCUT2D eigenvalue weighted by molar-refractivity contribution is 0.458. The van der Waals surface area contributed by atoms with Gasteiger partial charge < -0.3 is 8.92 Å². The Bertz CT molecular complexity index is 737. The van der Waals surface area contributed by atoms with E-state index < -0.39 is 11.4 Å². The first-order valence-electron chi connectivity index (χ1n) is 6.48. The Morgan fingerprint density at radius 2 is 2.10 bits per heavy atom. The summed E-state index contributed by atoms with van der Waals surface area (Å²) in [5.74, 6) is 1.20. The van der Waals surface area contributed by atoms with Gasteiger partial charge in [0.25, 0.3) is 0 Å². The monoisotopic (exact) mass is 302 g/mol. The van der Waals surface area contributed by atoms with Gasteiger partial charge in [-0.15, -0.1) is 0 Å². The first kappa shape index (κ1) is 13.9. The Labute approximate surface area is 125 Å². The predicted molar refractivity (Wildman–Crippen MR) is 81.5 cm³/mol. The van der Waals surface area contributed by atoms with Gasteiger partial charge in [0.15, 0.2) is 0 Å². The van der Waals surface area contributed by atoms with E-state index in [2.05, 4.69) is 0 Å². The van der Waals surface area contributed by atoms with Gasteiger partial charge in [-0.25, -0.2) is 0 Å². The van der Waals surface area contributed by atoms with E-state index in [-0.39, 0.29) is 0 Å². The Morgan fingerprint density at radius 3 is 2.90 bits per heavy atom. The molecule has 0 aromatic heterocycles. The molecular weight excluding hydrogens is 288 g/mol. The molecule has 1 aliphatic heterocycles. The third kappa shape index (κ3) is 2.99. The van der Waals surface area contributed by atoms with Crippen molar-refractivity contribution in [1.82, 2.24) is 0 Å². The fourth-order valence-corrected chi connectivity index (χ4v) is 2.61. The molecule has 5 heteroatoms. The number of allylic oxidation sites excluding steroid dienone is 1. The van der Waals surface area contributed by atoms with Crippen molar-refractivity contribution >= 4 is 11.4 Å². The molecule has 1 N–H and O–H groups in total. The number of hydrogen-bond donors (Lipinski definition) is 1. The Morgan fingerprint density at radius 1 is 1.24 bits per heavy atom. The zero-order chi connectivity index (χ0) is 14.8. The maximum Gasteiger partial charge on any atom is 0.357 e. The molecule has 0 bridgehead atoms. The van der Waals surface area contributed by atoms with Crippen LogP contribution in [0.4, 0.5) is 0 Å². The molecule has 0 saturated carbocycles. The number of hydrogen-bond acceptors (Lipinski definition) is 3. The van der Waals surface area contributed by atoms with E-state index in [0.29, 0.717) is 5.75 Å². The van der Waals surface area contributed by atoms with Gasteiger partial charge in [-0.3, -0.25) is 4.55 Å². The summed E-state index contributed by atoms with van der Waals surface area (Å²) in [6.45, 7) is 1.98. The largest absolute Gasteiger partial charge is 0.465 e. The number of rotatable bonds is 3. The van der Waals surface area contributed by atoms with E-state index in [0.717, 1.165) is 34.4 Å². The van der Waals surface area contributed by atoms with Crippen LogP contribution in [0.5, 0.6) is 11.5 Å². The average molecular weight is 302 g/mol. The van der Waals surface area contributed by atoms with E-state index in [1.807, 2.05) is 37.3 Å². The summed E-state index contributed by atoms with van der Waals surface area (Å²) >= 11 is -2.32. The molecule has 1 unspecified atom stereocenters. The van der Waals surface area contributed by atoms with Gasteiger partial charge >= 0.3 is 11.4 Å². The lowest BCUT2D eigenvalue weighted by Gasteiger charge is -2.14. The van der Waals surface area contributed by atoms with Gasteiger partial charge in [0.05, 0.1) is 6.26 Å². The first-order chi connectivity index (χ1) is 10.1. The quantitative estimate of drug-likeness (QED) is 0.880. The van der Waals surface area contributed by atoms with Crippen molar-refractivity contribution < 1.29 is 17.7 Å². The molecular formula is C16H14O4S. The topological polar surface area (TPSA) is 55.8 Å². The van der Waals surface area contributed by atoms with Crippen molar-refractivity contribution in [3.8, 4) is 22.6 Å². The first-order valence-corrected chi connectivity index (χ1v) is 7.51. The molecule has 0 fully saturated rings. The van der Waals surface area contributed by atoms with Crippen molar-refractivity contribution in [3.05, 3.63) is 59.9 Å². The van der Waals surface area contributed by atoms with Gasteiger partial charge in [-0.2, -0.15) is 4.21 Å². The zero-order valence-corrected chi connectivity index (χ0v) is 12.2. The van der Waals surface area contributed by atoms with Gasteiger partial charge in [0.2, 0.25) is 0 Å². The maximum absolute atomic E-state index is 10.8. The third-order valence-corrected chi connectivity index (χ3v) is 3.72. The second kappa shape index (κ2) is 5.71. The predicted octanol–water partition coefficient (Wildman–Crippen LogP) is 3.63. The summed E-state index contributed by atoms with van der Waals surface area (Å²) in [6, 6.07) is 11.3. The molecule has 1 atom stereocenters. The number of aryl methyl sites for hydroxylation is 1. The average Bonchev–Trinajstić information content (AvgIpc) is 2.48. The van der Waals surface area contributed by atoms with Crippen LogP contribution in [-0.4, -0.2) is 8.76 Å². The molecule has 1 heterocycles. The van der Waals surface area contributed by atoms with Crippen LogP contribution in [0, 0.1) is 6.92 Å². The Balaban J connectivity index is 2.02. The van der Waals surface area contributed by atoms with E-state index >= 15 is 0 Å². The molecule has 108 valence electrons. The summed E-state index contributed by atoms with van der Waals surface area (Å²) in [5, 5.41) is 0. The van der Waals surface area contributed by atoms with E-state index in [4.69, 9.17) is 13.5 Å². The minimum absolute atomic E-state index is 0.356. The van der Waals surface area contributed by atoms with Crippen molar-refractivity contribution in [1.29, 1.82) is 0 Å². The van der Waals surface area contributed by atoms with Crippen LogP contribution in [0.1, 0.15) is 11.1 Å². The minimum Gasteiger partial charge on any atom is -0.465 e. The summed E-state index contributed by atoms with van der Waals surface area (Å²) < 4.78 is 29.9. The molecule has 0 radical (unpaired) electrons. The van der Waals surface area contributed by atoms with Gasteiger partial charge in [-0.1, -0.05) is 18.2 Å². The van der Waals surface area contributed by atoms with Crippen molar-refractivity contribution in [2.75, 3.05) is 0 Å². The summed E-state index contributed by atoms with van der Waals surface area (Å²) in [6.07, 6.45) is 4.52. The van der Waals surface area contributed by atoms with Crippen LogP contribution in [0.2, 0.25) is 0 Å². The standard InChI is InChI=1S/C16H14O4S/c1-11-4-7-14(20-21(17)18)10-15(11)13-6-5-12-3-2-8-19-16(12)9-13/h2,4-10H,3H2,1H3,(H,17,18). The van der Waals surface area contributed by atoms with Crippen molar-refractivity contribution in [3.63, 3.8) is 0 Å². The third-order valence-electron chi connectivity index (χ3n) is 3.38. The molecule has 1 aliphatic rings. The molecule has 21 heavy (non-hydrogen) atoms. The van der Waals surface area contributed by atoms with E-state index in [1.54, 1.807) is 18.4 Å². The molecule has 3 rings (SSSR count). The lowest BCUT2D eigenvalue weighted by atomic mass is 9.97. The van der Waals surface area contributed by atoms with Crippen molar-refractivity contribution in [2.45, 2.75) is 13.3 Å². The van der Waals surface area contributed by atoms with Gasteiger partial charge in [0, 0.05) is 0 Å². The highest BCUT2D eigenvalue weighted by atomic mass is 32.2. The smallest absolute Gasteiger partial charge is 0.357 e. The molecule has 0 aliphatic carbocycles.